The molecule has 0 radical (unpaired) electrons. The van der Waals surface area contributed by atoms with Crippen LogP contribution >= 0.6 is 11.6 Å². The number of carboxylic acids is 1. The summed E-state index contributed by atoms with van der Waals surface area (Å²) in [6.07, 6.45) is 4.94. The van der Waals surface area contributed by atoms with Crippen LogP contribution in [0.3, 0.4) is 0 Å². The number of anilines is 1. The number of aromatic nitrogens is 1. The van der Waals surface area contributed by atoms with Crippen molar-refractivity contribution in [3.8, 4) is 0 Å². The molecule has 9 heteroatoms. The fourth-order valence-corrected chi connectivity index (χ4v) is 5.64. The van der Waals surface area contributed by atoms with Gasteiger partial charge in [-0.3, -0.25) is 9.69 Å². The molecule has 34 heavy (non-hydrogen) atoms. The van der Waals surface area contributed by atoms with E-state index in [0.717, 1.165) is 37.9 Å². The molecule has 8 nitrogen and oxygen atoms in total. The highest BCUT2D eigenvalue weighted by Crippen LogP contribution is 2.45. The summed E-state index contributed by atoms with van der Waals surface area (Å²) in [4.78, 5) is 41.2. The van der Waals surface area contributed by atoms with Crippen LogP contribution < -0.4 is 10.3 Å². The lowest BCUT2D eigenvalue weighted by Gasteiger charge is -2.33. The van der Waals surface area contributed by atoms with Gasteiger partial charge in [-0.1, -0.05) is 25.4 Å². The van der Waals surface area contributed by atoms with Crippen molar-refractivity contribution in [1.82, 2.24) is 9.47 Å². The molecule has 0 unspecified atom stereocenters. The number of carbonyl (C=O) groups is 2. The third kappa shape index (κ3) is 3.72. The molecule has 1 aromatic carbocycles. The van der Waals surface area contributed by atoms with Crippen LogP contribution in [0.5, 0.6) is 0 Å². The first-order valence-electron chi connectivity index (χ1n) is 11.9. The molecule has 2 aromatic rings. The quantitative estimate of drug-likeness (QED) is 0.652. The number of nitrogens with zero attached hydrogens (tertiary/aromatic N) is 3. The monoisotopic (exact) mass is 487 g/mol. The van der Waals surface area contributed by atoms with E-state index in [2.05, 4.69) is 25.7 Å². The van der Waals surface area contributed by atoms with Gasteiger partial charge in [-0.05, 0) is 50.7 Å². The van der Waals surface area contributed by atoms with Gasteiger partial charge < -0.3 is 19.3 Å². The summed E-state index contributed by atoms with van der Waals surface area (Å²) in [5.74, 6) is -0.940. The van der Waals surface area contributed by atoms with Gasteiger partial charge in [-0.15, -0.1) is 0 Å². The Hall–Kier alpha value is -2.74. The Morgan fingerprint density at radius 3 is 2.68 bits per heavy atom. The number of halogens is 1. The van der Waals surface area contributed by atoms with Gasteiger partial charge in [0.05, 0.1) is 22.3 Å². The first-order chi connectivity index (χ1) is 16.1. The second-order valence-electron chi connectivity index (χ2n) is 10.4. The number of carboxylic acid groups (broad SMARTS) is 1. The number of carbonyl (C=O) groups excluding carboxylic acids is 1. The Morgan fingerprint density at radius 2 is 2.03 bits per heavy atom. The molecule has 1 N–H and O–H groups in total. The lowest BCUT2D eigenvalue weighted by Crippen LogP contribution is -2.46. The topological polar surface area (TPSA) is 92.1 Å². The maximum Gasteiger partial charge on any atom is 0.410 e. The number of amides is 1. The summed E-state index contributed by atoms with van der Waals surface area (Å²) in [6.45, 7) is 8.01. The number of benzene rings is 1. The van der Waals surface area contributed by atoms with E-state index in [-0.39, 0.29) is 29.3 Å². The molecule has 1 amide bonds. The zero-order valence-corrected chi connectivity index (χ0v) is 20.5. The minimum atomic E-state index is -1.23. The van der Waals surface area contributed by atoms with E-state index in [0.29, 0.717) is 35.0 Å². The maximum atomic E-state index is 13.0. The molecule has 1 saturated carbocycles. The van der Waals surface area contributed by atoms with Crippen LogP contribution in [-0.4, -0.2) is 58.4 Å². The molecule has 3 heterocycles. The van der Waals surface area contributed by atoms with Crippen LogP contribution in [0.1, 0.15) is 56.8 Å². The molecule has 1 aromatic heterocycles. The smallest absolute Gasteiger partial charge is 0.410 e. The number of hydrogen-bond donors (Lipinski definition) is 1. The van der Waals surface area contributed by atoms with Crippen molar-refractivity contribution in [2.45, 2.75) is 64.1 Å². The summed E-state index contributed by atoms with van der Waals surface area (Å²) in [6, 6.07) is 3.67. The largest absolute Gasteiger partial charge is 0.477 e. The van der Waals surface area contributed by atoms with E-state index in [1.54, 1.807) is 6.07 Å². The minimum Gasteiger partial charge on any atom is -0.477 e. The zero-order chi connectivity index (χ0) is 24.4. The third-order valence-corrected chi connectivity index (χ3v) is 8.04. The maximum absolute atomic E-state index is 13.0. The van der Waals surface area contributed by atoms with Crippen LogP contribution in [0.2, 0.25) is 5.02 Å². The first-order valence-corrected chi connectivity index (χ1v) is 12.3. The number of pyridine rings is 1. The van der Waals surface area contributed by atoms with Gasteiger partial charge in [0, 0.05) is 36.3 Å². The van der Waals surface area contributed by atoms with Gasteiger partial charge in [0.15, 0.2) is 0 Å². The Morgan fingerprint density at radius 1 is 1.29 bits per heavy atom. The highest BCUT2D eigenvalue weighted by atomic mass is 35.5. The molecule has 0 spiro atoms. The molecule has 182 valence electrons. The molecular formula is C25H30ClN3O5. The van der Waals surface area contributed by atoms with E-state index in [1.165, 1.54) is 6.20 Å². The fourth-order valence-electron chi connectivity index (χ4n) is 5.37. The summed E-state index contributed by atoms with van der Waals surface area (Å²) in [5, 5.41) is 10.3. The fraction of sp³-hybridized carbons (Fsp3) is 0.560. The molecule has 2 atom stereocenters. The number of rotatable bonds is 6. The number of fused-ring (bicyclic) bond motifs is 1. The molecule has 3 aliphatic rings. The van der Waals surface area contributed by atoms with Crippen molar-refractivity contribution < 1.29 is 19.4 Å². The second-order valence-corrected chi connectivity index (χ2v) is 10.8. The summed E-state index contributed by atoms with van der Waals surface area (Å²) in [7, 11) is 0. The molecule has 0 bridgehead atoms. The number of cyclic esters (lactones) is 1. The average Bonchev–Trinajstić information content (AvgIpc) is 3.18. The number of hydrogen-bond acceptors (Lipinski definition) is 5. The van der Waals surface area contributed by atoms with Gasteiger partial charge in [0.2, 0.25) is 5.43 Å². The van der Waals surface area contributed by atoms with Crippen LogP contribution in [0.4, 0.5) is 10.5 Å². The Balaban J connectivity index is 1.56. The minimum absolute atomic E-state index is 0.0523. The lowest BCUT2D eigenvalue weighted by molar-refractivity contribution is 0.0694. The van der Waals surface area contributed by atoms with E-state index in [1.807, 2.05) is 15.5 Å². The molecule has 5 rings (SSSR count). The van der Waals surface area contributed by atoms with Crippen LogP contribution in [0.25, 0.3) is 10.9 Å². The van der Waals surface area contributed by atoms with Crippen molar-refractivity contribution >= 4 is 40.3 Å². The summed E-state index contributed by atoms with van der Waals surface area (Å²) < 4.78 is 7.27. The van der Waals surface area contributed by atoms with Crippen LogP contribution in [0, 0.1) is 5.92 Å². The Bertz CT molecular complexity index is 1240. The molecule has 3 fully saturated rings. The van der Waals surface area contributed by atoms with Gasteiger partial charge in [-0.2, -0.15) is 0 Å². The van der Waals surface area contributed by atoms with Gasteiger partial charge in [0.1, 0.15) is 12.2 Å². The van der Waals surface area contributed by atoms with Crippen LogP contribution in [-0.2, 0) is 10.3 Å². The highest BCUT2D eigenvalue weighted by molar-refractivity contribution is 6.34. The van der Waals surface area contributed by atoms with Crippen molar-refractivity contribution in [3.63, 3.8) is 0 Å². The van der Waals surface area contributed by atoms with E-state index in [9.17, 15) is 19.5 Å². The van der Waals surface area contributed by atoms with Gasteiger partial charge in [0.25, 0.3) is 0 Å². The predicted molar refractivity (Wildman–Crippen MR) is 130 cm³/mol. The van der Waals surface area contributed by atoms with E-state index >= 15 is 0 Å². The normalized spacial score (nSPS) is 23.7. The molecule has 2 aliphatic heterocycles. The molecular weight excluding hydrogens is 458 g/mol. The van der Waals surface area contributed by atoms with E-state index < -0.39 is 11.4 Å². The van der Waals surface area contributed by atoms with E-state index in [4.69, 9.17) is 16.3 Å². The first kappa shape index (κ1) is 23.0. The SMILES string of the molecule is CC(C)[C@@H]1COC(=O)N1C[C@H]1CCCN1c1cc2c(cc1Cl)c(=O)c(C(=O)O)cn2C1(C)CC1. The van der Waals surface area contributed by atoms with Crippen LogP contribution in [0.15, 0.2) is 23.1 Å². The Labute approximate surface area is 203 Å². The van der Waals surface area contributed by atoms with Crippen molar-refractivity contribution in [3.05, 3.63) is 39.1 Å². The predicted octanol–water partition coefficient (Wildman–Crippen LogP) is 4.31. The summed E-state index contributed by atoms with van der Waals surface area (Å²) >= 11 is 6.72. The Kier molecular flexibility index (Phi) is 5.54. The average molecular weight is 488 g/mol. The number of aromatic carboxylic acids is 1. The molecule has 1 aliphatic carbocycles. The summed E-state index contributed by atoms with van der Waals surface area (Å²) in [5.41, 5.74) is 0.534. The van der Waals surface area contributed by atoms with Gasteiger partial charge in [-0.25, -0.2) is 9.59 Å². The second kappa shape index (κ2) is 8.18. The highest BCUT2D eigenvalue weighted by Gasteiger charge is 2.41. The zero-order valence-electron chi connectivity index (χ0n) is 19.7. The lowest BCUT2D eigenvalue weighted by atomic mass is 10.0. The van der Waals surface area contributed by atoms with Gasteiger partial charge >= 0.3 is 12.1 Å². The number of ether oxygens (including phenoxy) is 1. The van der Waals surface area contributed by atoms with Crippen molar-refractivity contribution in [2.24, 2.45) is 5.92 Å². The third-order valence-electron chi connectivity index (χ3n) is 7.73. The van der Waals surface area contributed by atoms with Crippen molar-refractivity contribution in [1.29, 1.82) is 0 Å². The van der Waals surface area contributed by atoms with Crippen molar-refractivity contribution in [2.75, 3.05) is 24.6 Å². The molecule has 2 saturated heterocycles. The standard InChI is InChI=1S/C25H30ClN3O5/c1-14(2)21-13-34-24(33)28(21)11-15-5-4-8-27(15)20-10-19-16(9-18(20)26)22(30)17(23(31)32)12-29(19)25(3)6-7-25/h9-10,12,14-15,21H,4-8,11,13H2,1-3H3,(H,31,32)/t15-,21+/m1/s1.